The maximum absolute atomic E-state index is 12.0. The van der Waals surface area contributed by atoms with Gasteiger partial charge in [-0.05, 0) is 11.6 Å². The van der Waals surface area contributed by atoms with Crippen LogP contribution in [0.4, 0.5) is 13.2 Å². The summed E-state index contributed by atoms with van der Waals surface area (Å²) in [6, 6.07) is 6.03. The van der Waals surface area contributed by atoms with E-state index in [9.17, 15) is 13.2 Å². The Morgan fingerprint density at radius 1 is 1.21 bits per heavy atom. The van der Waals surface area contributed by atoms with Crippen LogP contribution in [-0.4, -0.2) is 6.18 Å². The second-order valence-corrected chi connectivity index (χ2v) is 2.93. The van der Waals surface area contributed by atoms with Gasteiger partial charge in [0.1, 0.15) is 0 Å². The number of hydrogen-bond donors (Lipinski definition) is 0. The van der Waals surface area contributed by atoms with E-state index < -0.39 is 12.6 Å². The number of alkyl halides is 3. The minimum absolute atomic E-state index is 0.131. The molecule has 0 fully saturated rings. The van der Waals surface area contributed by atoms with Crippen LogP contribution in [-0.2, 0) is 13.0 Å². The molecule has 0 aliphatic rings. The molecule has 0 saturated carbocycles. The quantitative estimate of drug-likeness (QED) is 0.644. The van der Waals surface area contributed by atoms with Gasteiger partial charge in [0.25, 0.3) is 0 Å². The Balaban J connectivity index is 2.79. The topological polar surface area (TPSA) is 4.36 Å². The van der Waals surface area contributed by atoms with Gasteiger partial charge >= 0.3 is 6.18 Å². The van der Waals surface area contributed by atoms with Crippen molar-refractivity contribution in [2.45, 2.75) is 19.1 Å². The molecule has 74 valence electrons. The first-order valence-electron chi connectivity index (χ1n) is 3.99. The molecule has 14 heavy (non-hydrogen) atoms. The molecule has 0 amide bonds. The third-order valence-corrected chi connectivity index (χ3v) is 1.66. The number of halogens is 3. The van der Waals surface area contributed by atoms with Gasteiger partial charge in [0.05, 0.1) is 6.42 Å². The minimum atomic E-state index is -4.18. The van der Waals surface area contributed by atoms with Gasteiger partial charge in [0, 0.05) is 5.56 Å². The molecule has 1 aromatic carbocycles. The third kappa shape index (κ3) is 3.48. The first-order chi connectivity index (χ1) is 6.51. The SMILES string of the molecule is [C-]#[N+]Cc1cccc(CC(F)(F)F)c1. The van der Waals surface area contributed by atoms with Gasteiger partial charge in [0.2, 0.25) is 6.54 Å². The molecule has 0 N–H and O–H groups in total. The van der Waals surface area contributed by atoms with Crippen LogP contribution < -0.4 is 0 Å². The second kappa shape index (κ2) is 4.14. The van der Waals surface area contributed by atoms with Crippen LogP contribution in [0.1, 0.15) is 11.1 Å². The predicted octanol–water partition coefficient (Wildman–Crippen LogP) is 3.21. The zero-order valence-electron chi connectivity index (χ0n) is 7.30. The van der Waals surface area contributed by atoms with Gasteiger partial charge in [0.15, 0.2) is 0 Å². The summed E-state index contributed by atoms with van der Waals surface area (Å²) in [5.74, 6) is 0. The highest BCUT2D eigenvalue weighted by Crippen LogP contribution is 2.21. The van der Waals surface area contributed by atoms with Crippen molar-refractivity contribution in [1.29, 1.82) is 0 Å². The molecule has 0 atom stereocenters. The lowest BCUT2D eigenvalue weighted by atomic mass is 10.1. The smallest absolute Gasteiger partial charge is 0.312 e. The molecule has 0 aliphatic carbocycles. The average molecular weight is 199 g/mol. The molecule has 0 spiro atoms. The Kier molecular flexibility index (Phi) is 3.13. The maximum Gasteiger partial charge on any atom is 0.393 e. The zero-order chi connectivity index (χ0) is 10.6. The van der Waals surface area contributed by atoms with Crippen molar-refractivity contribution in [1.82, 2.24) is 0 Å². The van der Waals surface area contributed by atoms with Gasteiger partial charge in [-0.2, -0.15) is 13.2 Å². The Labute approximate surface area is 80.0 Å². The molecule has 1 aromatic rings. The number of rotatable bonds is 2. The van der Waals surface area contributed by atoms with Crippen molar-refractivity contribution in [2.24, 2.45) is 0 Å². The second-order valence-electron chi connectivity index (χ2n) is 2.93. The van der Waals surface area contributed by atoms with Crippen LogP contribution in [0, 0.1) is 6.57 Å². The standard InChI is InChI=1S/C10H8F3N/c1-14-7-9-4-2-3-8(5-9)6-10(11,12)13/h2-5H,6-7H2. The highest BCUT2D eigenvalue weighted by molar-refractivity contribution is 5.24. The summed E-state index contributed by atoms with van der Waals surface area (Å²) >= 11 is 0. The van der Waals surface area contributed by atoms with E-state index in [2.05, 4.69) is 4.85 Å². The van der Waals surface area contributed by atoms with Crippen molar-refractivity contribution < 1.29 is 13.2 Å². The fraction of sp³-hybridized carbons (Fsp3) is 0.300. The van der Waals surface area contributed by atoms with Crippen molar-refractivity contribution in [3.05, 3.63) is 46.8 Å². The molecular weight excluding hydrogens is 191 g/mol. The molecule has 1 nitrogen and oxygen atoms in total. The van der Waals surface area contributed by atoms with Gasteiger partial charge in [-0.1, -0.05) is 18.2 Å². The fourth-order valence-corrected chi connectivity index (χ4v) is 1.16. The number of hydrogen-bond acceptors (Lipinski definition) is 0. The highest BCUT2D eigenvalue weighted by atomic mass is 19.4. The zero-order valence-corrected chi connectivity index (χ0v) is 7.30. The first-order valence-corrected chi connectivity index (χ1v) is 3.99. The summed E-state index contributed by atoms with van der Waals surface area (Å²) in [5, 5.41) is 0. The molecule has 0 heterocycles. The molecule has 0 aromatic heterocycles. The van der Waals surface area contributed by atoms with Crippen LogP contribution in [0.25, 0.3) is 4.85 Å². The maximum atomic E-state index is 12.0. The van der Waals surface area contributed by atoms with Gasteiger partial charge in [-0.15, -0.1) is 0 Å². The predicted molar refractivity (Wildman–Crippen MR) is 46.5 cm³/mol. The summed E-state index contributed by atoms with van der Waals surface area (Å²) in [4.78, 5) is 3.11. The van der Waals surface area contributed by atoms with E-state index >= 15 is 0 Å². The molecule has 1 rings (SSSR count). The van der Waals surface area contributed by atoms with E-state index in [4.69, 9.17) is 6.57 Å². The van der Waals surface area contributed by atoms with E-state index in [0.29, 0.717) is 5.56 Å². The van der Waals surface area contributed by atoms with Crippen LogP contribution >= 0.6 is 0 Å². The lowest BCUT2D eigenvalue weighted by molar-refractivity contribution is -0.127. The first kappa shape index (κ1) is 10.6. The molecule has 4 heteroatoms. The van der Waals surface area contributed by atoms with E-state index in [1.54, 1.807) is 12.1 Å². The Hall–Kier alpha value is -1.50. The van der Waals surface area contributed by atoms with Crippen molar-refractivity contribution >= 4 is 0 Å². The largest absolute Gasteiger partial charge is 0.393 e. The van der Waals surface area contributed by atoms with Gasteiger partial charge in [-0.25, -0.2) is 6.57 Å². The van der Waals surface area contributed by atoms with Gasteiger partial charge in [-0.3, -0.25) is 0 Å². The molecule has 0 unspecified atom stereocenters. The summed E-state index contributed by atoms with van der Waals surface area (Å²) in [6.45, 7) is 6.72. The van der Waals surface area contributed by atoms with E-state index in [1.165, 1.54) is 12.1 Å². The third-order valence-electron chi connectivity index (χ3n) is 1.66. The molecule has 0 saturated heterocycles. The van der Waals surface area contributed by atoms with Crippen molar-refractivity contribution in [3.8, 4) is 0 Å². The monoisotopic (exact) mass is 199 g/mol. The summed E-state index contributed by atoms with van der Waals surface area (Å²) < 4.78 is 36.0. The Morgan fingerprint density at radius 2 is 1.86 bits per heavy atom. The van der Waals surface area contributed by atoms with E-state index in [0.717, 1.165) is 0 Å². The average Bonchev–Trinajstić information content (AvgIpc) is 2.02. The van der Waals surface area contributed by atoms with Gasteiger partial charge < -0.3 is 4.85 Å². The molecular formula is C10H8F3N. The van der Waals surface area contributed by atoms with Crippen LogP contribution in [0.5, 0.6) is 0 Å². The Morgan fingerprint density at radius 3 is 2.43 bits per heavy atom. The van der Waals surface area contributed by atoms with Crippen molar-refractivity contribution in [2.75, 3.05) is 0 Å². The number of benzene rings is 1. The highest BCUT2D eigenvalue weighted by Gasteiger charge is 2.27. The summed E-state index contributed by atoms with van der Waals surface area (Å²) in [5.41, 5.74) is 0.834. The summed E-state index contributed by atoms with van der Waals surface area (Å²) in [6.07, 6.45) is -5.12. The molecule has 0 bridgehead atoms. The molecule has 0 radical (unpaired) electrons. The van der Waals surface area contributed by atoms with Crippen molar-refractivity contribution in [3.63, 3.8) is 0 Å². The van der Waals surface area contributed by atoms with Crippen LogP contribution in [0.15, 0.2) is 24.3 Å². The Bertz CT molecular complexity index is 349. The van der Waals surface area contributed by atoms with Crippen LogP contribution in [0.2, 0.25) is 0 Å². The number of nitrogens with zero attached hydrogens (tertiary/aromatic N) is 1. The van der Waals surface area contributed by atoms with E-state index in [1.807, 2.05) is 0 Å². The normalized spacial score (nSPS) is 11.0. The lowest BCUT2D eigenvalue weighted by Crippen LogP contribution is -2.11. The fourth-order valence-electron chi connectivity index (χ4n) is 1.16. The van der Waals surface area contributed by atoms with Crippen LogP contribution in [0.3, 0.4) is 0 Å². The lowest BCUT2D eigenvalue weighted by Gasteiger charge is -2.06. The summed E-state index contributed by atoms with van der Waals surface area (Å²) in [7, 11) is 0. The van der Waals surface area contributed by atoms with E-state index in [-0.39, 0.29) is 12.1 Å². The minimum Gasteiger partial charge on any atom is -0.312 e. The molecule has 0 aliphatic heterocycles.